The molecule has 27 heavy (non-hydrogen) atoms. The van der Waals surface area contributed by atoms with Gasteiger partial charge in [-0.05, 0) is 31.0 Å². The molecular formula is C16H17N5O5S. The molecule has 0 amide bonds. The first-order valence-corrected chi connectivity index (χ1v) is 9.95. The molecule has 0 saturated carbocycles. The minimum Gasteiger partial charge on any atom is -0.343 e. The number of rotatable bonds is 3. The van der Waals surface area contributed by atoms with Gasteiger partial charge in [0.1, 0.15) is 0 Å². The van der Waals surface area contributed by atoms with Crippen molar-refractivity contribution < 1.29 is 12.9 Å². The van der Waals surface area contributed by atoms with Crippen LogP contribution in [0.15, 0.2) is 43.6 Å². The fourth-order valence-electron chi connectivity index (χ4n) is 3.39. The molecule has 10 nitrogen and oxygen atoms in total. The monoisotopic (exact) mass is 391 g/mol. The molecule has 11 heteroatoms. The van der Waals surface area contributed by atoms with Crippen LogP contribution in [0.2, 0.25) is 0 Å². The number of benzene rings is 1. The molecule has 1 fully saturated rings. The molecule has 2 aromatic heterocycles. The van der Waals surface area contributed by atoms with Crippen molar-refractivity contribution >= 4 is 20.9 Å². The first kappa shape index (κ1) is 17.6. The first-order chi connectivity index (χ1) is 13.0. The van der Waals surface area contributed by atoms with Gasteiger partial charge in [0.05, 0.1) is 21.8 Å². The Balaban J connectivity index is 1.82. The van der Waals surface area contributed by atoms with E-state index in [0.717, 1.165) is 19.3 Å². The summed E-state index contributed by atoms with van der Waals surface area (Å²) in [4.78, 5) is 32.0. The molecule has 142 valence electrons. The van der Waals surface area contributed by atoms with Crippen molar-refractivity contribution in [1.29, 1.82) is 0 Å². The van der Waals surface area contributed by atoms with Crippen LogP contribution in [0.5, 0.6) is 0 Å². The lowest BCUT2D eigenvalue weighted by Crippen LogP contribution is -2.35. The maximum Gasteiger partial charge on any atom is 0.326 e. The van der Waals surface area contributed by atoms with Crippen molar-refractivity contribution in [2.75, 3.05) is 6.54 Å². The van der Waals surface area contributed by atoms with Crippen LogP contribution < -0.4 is 11.2 Å². The zero-order chi connectivity index (χ0) is 19.0. The number of fused-ring (bicyclic) bond motifs is 1. The van der Waals surface area contributed by atoms with Gasteiger partial charge in [-0.25, -0.2) is 13.2 Å². The second-order valence-corrected chi connectivity index (χ2v) is 8.28. The molecule has 1 saturated heterocycles. The summed E-state index contributed by atoms with van der Waals surface area (Å²) in [5.74, 6) is 0.323. The molecule has 3 aromatic rings. The Morgan fingerprint density at radius 1 is 1.15 bits per heavy atom. The van der Waals surface area contributed by atoms with Crippen molar-refractivity contribution in [1.82, 2.24) is 24.4 Å². The number of nitrogens with one attached hydrogen (secondary N) is 2. The number of sulfonamides is 1. The zero-order valence-corrected chi connectivity index (χ0v) is 15.0. The maximum absolute atomic E-state index is 13.3. The third kappa shape index (κ3) is 3.19. The number of aromatic nitrogens is 4. The van der Waals surface area contributed by atoms with Gasteiger partial charge in [0.2, 0.25) is 16.4 Å². The number of hydrogen-bond acceptors (Lipinski definition) is 7. The summed E-state index contributed by atoms with van der Waals surface area (Å²) in [5.41, 5.74) is -1.02. The zero-order valence-electron chi connectivity index (χ0n) is 14.2. The van der Waals surface area contributed by atoms with Gasteiger partial charge in [0, 0.05) is 6.54 Å². The van der Waals surface area contributed by atoms with E-state index >= 15 is 0 Å². The fourth-order valence-corrected chi connectivity index (χ4v) is 5.07. The molecule has 0 spiro atoms. The third-order valence-corrected chi connectivity index (χ3v) is 6.60. The molecule has 0 unspecified atom stereocenters. The second kappa shape index (κ2) is 6.74. The van der Waals surface area contributed by atoms with Gasteiger partial charge in [0.15, 0.2) is 5.82 Å². The highest BCUT2D eigenvalue weighted by molar-refractivity contribution is 7.89. The van der Waals surface area contributed by atoms with Gasteiger partial charge < -0.3 is 9.51 Å². The number of hydrogen-bond donors (Lipinski definition) is 2. The highest BCUT2D eigenvalue weighted by Crippen LogP contribution is 2.33. The standard InChI is InChI=1S/C16H17N5O5S/c22-15-11-8-10(5-6-12(11)18-16(23)19-15)27(24,25)21-7-3-1-2-4-13(21)14-17-9-26-20-14/h5-6,8-9,13H,1-4,7H2,(H2,18,19,22,23)/t13-/m1/s1. The van der Waals surface area contributed by atoms with E-state index in [1.165, 1.54) is 28.9 Å². The molecule has 1 aromatic carbocycles. The van der Waals surface area contributed by atoms with Gasteiger partial charge >= 0.3 is 5.69 Å². The topological polar surface area (TPSA) is 142 Å². The van der Waals surface area contributed by atoms with E-state index in [4.69, 9.17) is 4.52 Å². The second-order valence-electron chi connectivity index (χ2n) is 6.39. The average molecular weight is 391 g/mol. The van der Waals surface area contributed by atoms with Crippen molar-refractivity contribution in [2.45, 2.75) is 36.6 Å². The van der Waals surface area contributed by atoms with Gasteiger partial charge in [-0.15, -0.1) is 0 Å². The molecule has 1 atom stereocenters. The van der Waals surface area contributed by atoms with Gasteiger partial charge in [-0.2, -0.15) is 9.29 Å². The molecule has 0 aliphatic carbocycles. The van der Waals surface area contributed by atoms with Crippen molar-refractivity contribution in [2.24, 2.45) is 0 Å². The number of aromatic amines is 2. The SMILES string of the molecule is O=c1[nH]c(=O)c2cc(S(=O)(=O)N3CCCCC[C@@H]3c3ncon3)ccc2[nH]1. The molecule has 0 radical (unpaired) electrons. The Morgan fingerprint density at radius 3 is 2.78 bits per heavy atom. The number of nitrogens with zero attached hydrogens (tertiary/aromatic N) is 3. The molecule has 4 rings (SSSR count). The van der Waals surface area contributed by atoms with Crippen LogP contribution in [0.25, 0.3) is 10.9 Å². The third-order valence-electron chi connectivity index (χ3n) is 4.70. The summed E-state index contributed by atoms with van der Waals surface area (Å²) >= 11 is 0. The van der Waals surface area contributed by atoms with Crippen LogP contribution in [-0.2, 0) is 10.0 Å². The van der Waals surface area contributed by atoms with E-state index in [1.54, 1.807) is 0 Å². The Hall–Kier alpha value is -2.79. The molecule has 3 heterocycles. The molecule has 0 bridgehead atoms. The smallest absolute Gasteiger partial charge is 0.326 e. The predicted octanol–water partition coefficient (Wildman–Crippen LogP) is 0.905. The van der Waals surface area contributed by atoms with Crippen LogP contribution in [0, 0.1) is 0 Å². The summed E-state index contributed by atoms with van der Waals surface area (Å²) < 4.78 is 32.8. The van der Waals surface area contributed by atoms with Crippen LogP contribution in [-0.4, -0.2) is 39.4 Å². The summed E-state index contributed by atoms with van der Waals surface area (Å²) in [6, 6.07) is 3.55. The lowest BCUT2D eigenvalue weighted by Gasteiger charge is -2.27. The lowest BCUT2D eigenvalue weighted by molar-refractivity contribution is 0.304. The van der Waals surface area contributed by atoms with E-state index in [1.807, 2.05) is 0 Å². The van der Waals surface area contributed by atoms with Crippen LogP contribution >= 0.6 is 0 Å². The Morgan fingerprint density at radius 2 is 2.00 bits per heavy atom. The Kier molecular flexibility index (Phi) is 4.40. The highest BCUT2D eigenvalue weighted by atomic mass is 32.2. The number of H-pyrrole nitrogens is 2. The Labute approximate surface area is 153 Å². The average Bonchev–Trinajstić information content (AvgIpc) is 3.05. The van der Waals surface area contributed by atoms with E-state index in [-0.39, 0.29) is 15.8 Å². The Bertz CT molecular complexity index is 1180. The first-order valence-electron chi connectivity index (χ1n) is 8.51. The summed E-state index contributed by atoms with van der Waals surface area (Å²) in [6.07, 6.45) is 4.23. The van der Waals surface area contributed by atoms with E-state index in [9.17, 15) is 18.0 Å². The molecular weight excluding hydrogens is 374 g/mol. The normalized spacial score (nSPS) is 19.2. The highest BCUT2D eigenvalue weighted by Gasteiger charge is 2.35. The minimum absolute atomic E-state index is 0.0251. The van der Waals surface area contributed by atoms with E-state index in [2.05, 4.69) is 20.1 Å². The lowest BCUT2D eigenvalue weighted by atomic mass is 10.1. The van der Waals surface area contributed by atoms with Crippen molar-refractivity contribution in [3.8, 4) is 0 Å². The van der Waals surface area contributed by atoms with Crippen LogP contribution in [0.1, 0.15) is 37.5 Å². The molecule has 1 aliphatic rings. The van der Waals surface area contributed by atoms with Gasteiger partial charge in [0.25, 0.3) is 5.56 Å². The minimum atomic E-state index is -3.91. The van der Waals surface area contributed by atoms with Gasteiger partial charge in [-0.3, -0.25) is 9.78 Å². The predicted molar refractivity (Wildman–Crippen MR) is 94.6 cm³/mol. The van der Waals surface area contributed by atoms with Crippen molar-refractivity contribution in [3.63, 3.8) is 0 Å². The van der Waals surface area contributed by atoms with Crippen LogP contribution in [0.4, 0.5) is 0 Å². The largest absolute Gasteiger partial charge is 0.343 e. The molecule has 2 N–H and O–H groups in total. The van der Waals surface area contributed by atoms with Crippen LogP contribution in [0.3, 0.4) is 0 Å². The summed E-state index contributed by atoms with van der Waals surface area (Å²) in [7, 11) is -3.91. The van der Waals surface area contributed by atoms with Gasteiger partial charge in [-0.1, -0.05) is 18.0 Å². The summed E-state index contributed by atoms with van der Waals surface area (Å²) in [5, 5.41) is 3.92. The quantitative estimate of drug-likeness (QED) is 0.675. The fraction of sp³-hybridized carbons (Fsp3) is 0.375. The summed E-state index contributed by atoms with van der Waals surface area (Å²) in [6.45, 7) is 0.321. The van der Waals surface area contributed by atoms with E-state index in [0.29, 0.717) is 18.8 Å². The maximum atomic E-state index is 13.3. The van der Waals surface area contributed by atoms with Crippen molar-refractivity contribution in [3.05, 3.63) is 51.3 Å². The van der Waals surface area contributed by atoms with E-state index < -0.39 is 27.3 Å². The molecule has 1 aliphatic heterocycles.